The molecule has 2 fully saturated rings. The van der Waals surface area contributed by atoms with E-state index in [1.807, 2.05) is 0 Å². The summed E-state index contributed by atoms with van der Waals surface area (Å²) in [5.74, 6) is -0.202. The van der Waals surface area contributed by atoms with Gasteiger partial charge in [-0.15, -0.1) is 0 Å². The first-order valence-corrected chi connectivity index (χ1v) is 11.3. The Labute approximate surface area is 171 Å². The van der Waals surface area contributed by atoms with E-state index in [4.69, 9.17) is 0 Å². The molecule has 158 valence electrons. The Kier molecular flexibility index (Phi) is 6.38. The summed E-state index contributed by atoms with van der Waals surface area (Å²) in [5.41, 5.74) is 0.466. The minimum atomic E-state index is -3.57. The van der Waals surface area contributed by atoms with E-state index in [0.29, 0.717) is 30.6 Å². The van der Waals surface area contributed by atoms with Crippen molar-refractivity contribution >= 4 is 33.4 Å². The highest BCUT2D eigenvalue weighted by molar-refractivity contribution is 7.89. The van der Waals surface area contributed by atoms with E-state index in [1.54, 1.807) is 12.1 Å². The van der Waals surface area contributed by atoms with Crippen LogP contribution in [0.25, 0.3) is 0 Å². The maximum absolute atomic E-state index is 12.9. The second-order valence-electron chi connectivity index (χ2n) is 8.03. The molecule has 9 heteroatoms. The number of piperidine rings is 1. The highest BCUT2D eigenvalue weighted by atomic mass is 32.2. The number of amides is 3. The molecular weight excluding hydrogens is 394 g/mol. The Bertz CT molecular complexity index is 871. The predicted molar refractivity (Wildman–Crippen MR) is 107 cm³/mol. The Balaban J connectivity index is 1.59. The lowest BCUT2D eigenvalue weighted by Crippen LogP contribution is -2.42. The average molecular weight is 422 g/mol. The number of hydrogen-bond acceptors (Lipinski definition) is 5. The normalized spacial score (nSPS) is 23.4. The number of nitrogens with zero attached hydrogens (tertiary/aromatic N) is 2. The van der Waals surface area contributed by atoms with Crippen LogP contribution in [0.5, 0.6) is 0 Å². The van der Waals surface area contributed by atoms with Crippen LogP contribution in [0.2, 0.25) is 0 Å². The Morgan fingerprint density at radius 1 is 1.03 bits per heavy atom. The van der Waals surface area contributed by atoms with Crippen LogP contribution >= 0.6 is 0 Å². The van der Waals surface area contributed by atoms with Gasteiger partial charge in [0.1, 0.15) is 0 Å². The lowest BCUT2D eigenvalue weighted by atomic mass is 9.94. The summed E-state index contributed by atoms with van der Waals surface area (Å²) in [5, 5.41) is 2.67. The minimum Gasteiger partial charge on any atom is -0.326 e. The van der Waals surface area contributed by atoms with Gasteiger partial charge >= 0.3 is 0 Å². The number of rotatable bonds is 6. The van der Waals surface area contributed by atoms with Gasteiger partial charge in [-0.25, -0.2) is 8.42 Å². The fraction of sp³-hybridized carbons (Fsp3) is 0.550. The molecule has 0 unspecified atom stereocenters. The smallest absolute Gasteiger partial charge is 0.243 e. The minimum absolute atomic E-state index is 0.00108. The van der Waals surface area contributed by atoms with Gasteiger partial charge in [-0.1, -0.05) is 13.8 Å². The van der Waals surface area contributed by atoms with Crippen molar-refractivity contribution in [1.82, 2.24) is 9.21 Å². The third-order valence-corrected chi connectivity index (χ3v) is 7.17. The molecule has 2 aliphatic rings. The first kappa shape index (κ1) is 21.4. The first-order valence-electron chi connectivity index (χ1n) is 9.90. The van der Waals surface area contributed by atoms with E-state index in [9.17, 15) is 22.8 Å². The van der Waals surface area contributed by atoms with Gasteiger partial charge in [0, 0.05) is 44.6 Å². The monoisotopic (exact) mass is 421 g/mol. The number of sulfonamides is 1. The second-order valence-corrected chi connectivity index (χ2v) is 9.97. The topological polar surface area (TPSA) is 104 Å². The number of benzene rings is 1. The van der Waals surface area contributed by atoms with E-state index in [-0.39, 0.29) is 48.4 Å². The molecule has 29 heavy (non-hydrogen) atoms. The summed E-state index contributed by atoms with van der Waals surface area (Å²) in [6.45, 7) is 5.19. The molecule has 1 aromatic carbocycles. The molecular formula is C20H27N3O5S. The van der Waals surface area contributed by atoms with Crippen molar-refractivity contribution in [3.63, 3.8) is 0 Å². The largest absolute Gasteiger partial charge is 0.326 e. The van der Waals surface area contributed by atoms with Crippen molar-refractivity contribution in [3.8, 4) is 0 Å². The van der Waals surface area contributed by atoms with E-state index in [0.717, 1.165) is 11.3 Å². The lowest BCUT2D eigenvalue weighted by Gasteiger charge is -2.34. The second kappa shape index (κ2) is 8.62. The number of carbonyl (C=O) groups excluding carboxylic acids is 3. The molecule has 8 nitrogen and oxygen atoms in total. The summed E-state index contributed by atoms with van der Waals surface area (Å²) >= 11 is 0. The molecule has 2 aliphatic heterocycles. The van der Waals surface area contributed by atoms with Crippen LogP contribution in [0.4, 0.5) is 5.69 Å². The Morgan fingerprint density at radius 3 is 2.14 bits per heavy atom. The van der Waals surface area contributed by atoms with E-state index in [1.165, 1.54) is 16.4 Å². The highest BCUT2D eigenvalue weighted by Crippen LogP contribution is 2.27. The number of likely N-dealkylation sites (tertiary alicyclic amines) is 1. The van der Waals surface area contributed by atoms with E-state index in [2.05, 4.69) is 19.2 Å². The van der Waals surface area contributed by atoms with Gasteiger partial charge in [0.05, 0.1) is 4.90 Å². The van der Waals surface area contributed by atoms with Gasteiger partial charge in [0.25, 0.3) is 0 Å². The van der Waals surface area contributed by atoms with Crippen molar-refractivity contribution < 1.29 is 22.8 Å². The number of carbonyl (C=O) groups is 3. The predicted octanol–water partition coefficient (Wildman–Crippen LogP) is 1.83. The molecule has 0 radical (unpaired) electrons. The maximum Gasteiger partial charge on any atom is 0.243 e. The van der Waals surface area contributed by atoms with Gasteiger partial charge in [-0.3, -0.25) is 19.3 Å². The molecule has 0 aliphatic carbocycles. The third-order valence-electron chi connectivity index (χ3n) is 5.33. The summed E-state index contributed by atoms with van der Waals surface area (Å²) in [7, 11) is -3.57. The molecule has 3 amide bonds. The van der Waals surface area contributed by atoms with Gasteiger partial charge in [0.15, 0.2) is 0 Å². The fourth-order valence-electron chi connectivity index (χ4n) is 3.97. The quantitative estimate of drug-likeness (QED) is 0.706. The molecule has 0 bridgehead atoms. The maximum atomic E-state index is 12.9. The van der Waals surface area contributed by atoms with Crippen LogP contribution in [0.1, 0.15) is 39.5 Å². The summed E-state index contributed by atoms with van der Waals surface area (Å²) in [4.78, 5) is 36.5. The average Bonchev–Trinajstić information content (AvgIpc) is 2.97. The Hall–Kier alpha value is -2.26. The van der Waals surface area contributed by atoms with Crippen molar-refractivity contribution in [2.75, 3.05) is 25.0 Å². The van der Waals surface area contributed by atoms with Crippen molar-refractivity contribution in [3.05, 3.63) is 24.3 Å². The standard InChI is InChI=1S/C20H27N3O5S/c1-14-11-15(2)13-22(12-14)29(27,28)17-5-3-16(4-6-17)21-18(24)9-10-23-19(25)7-8-20(23)26/h3-6,14-15H,7-13H2,1-2H3,(H,21,24)/t14-,15-/m1/s1. The first-order chi connectivity index (χ1) is 13.7. The highest BCUT2D eigenvalue weighted by Gasteiger charge is 2.32. The molecule has 2 saturated heterocycles. The van der Waals surface area contributed by atoms with Gasteiger partial charge < -0.3 is 5.32 Å². The van der Waals surface area contributed by atoms with E-state index >= 15 is 0 Å². The lowest BCUT2D eigenvalue weighted by molar-refractivity contribution is -0.138. The number of anilines is 1. The van der Waals surface area contributed by atoms with Gasteiger partial charge in [0.2, 0.25) is 27.7 Å². The molecule has 3 rings (SSSR count). The molecule has 0 aromatic heterocycles. The number of hydrogen-bond donors (Lipinski definition) is 1. The molecule has 2 heterocycles. The molecule has 0 spiro atoms. The van der Waals surface area contributed by atoms with Crippen LogP contribution in [-0.2, 0) is 24.4 Å². The van der Waals surface area contributed by atoms with Gasteiger partial charge in [-0.05, 0) is 42.5 Å². The van der Waals surface area contributed by atoms with E-state index < -0.39 is 10.0 Å². The molecule has 0 saturated carbocycles. The fourth-order valence-corrected chi connectivity index (χ4v) is 5.65. The van der Waals surface area contributed by atoms with Gasteiger partial charge in [-0.2, -0.15) is 4.31 Å². The molecule has 1 aromatic rings. The van der Waals surface area contributed by atoms with Crippen LogP contribution < -0.4 is 5.32 Å². The Morgan fingerprint density at radius 2 is 1.59 bits per heavy atom. The SMILES string of the molecule is C[C@@H]1C[C@@H](C)CN(S(=O)(=O)c2ccc(NC(=O)CCN3C(=O)CCC3=O)cc2)C1. The van der Waals surface area contributed by atoms with Crippen LogP contribution in [0.15, 0.2) is 29.2 Å². The zero-order chi connectivity index (χ0) is 21.2. The zero-order valence-electron chi connectivity index (χ0n) is 16.8. The summed E-state index contributed by atoms with van der Waals surface area (Å²) < 4.78 is 27.3. The van der Waals surface area contributed by atoms with Crippen molar-refractivity contribution in [2.45, 2.75) is 44.4 Å². The van der Waals surface area contributed by atoms with Crippen LogP contribution in [0, 0.1) is 11.8 Å². The molecule has 2 atom stereocenters. The number of imide groups is 1. The van der Waals surface area contributed by atoms with Crippen LogP contribution in [-0.4, -0.2) is 55.0 Å². The molecule has 1 N–H and O–H groups in total. The third kappa shape index (κ3) is 5.02. The van der Waals surface area contributed by atoms with Crippen molar-refractivity contribution in [1.29, 1.82) is 0 Å². The summed E-state index contributed by atoms with van der Waals surface area (Å²) in [6.07, 6.45) is 1.42. The van der Waals surface area contributed by atoms with Crippen LogP contribution in [0.3, 0.4) is 0 Å². The zero-order valence-corrected chi connectivity index (χ0v) is 17.6. The number of nitrogens with one attached hydrogen (secondary N) is 1. The summed E-state index contributed by atoms with van der Waals surface area (Å²) in [6, 6.07) is 6.08. The van der Waals surface area contributed by atoms with Crippen molar-refractivity contribution in [2.24, 2.45) is 11.8 Å².